The number of halogens is 4. The summed E-state index contributed by atoms with van der Waals surface area (Å²) in [5, 5.41) is 10.5. The third-order valence-electron chi connectivity index (χ3n) is 5.03. The molecule has 28 heavy (non-hydrogen) atoms. The molecule has 0 bridgehead atoms. The van der Waals surface area contributed by atoms with Gasteiger partial charge in [0.1, 0.15) is 5.76 Å². The van der Waals surface area contributed by atoms with Crippen molar-refractivity contribution in [3.63, 3.8) is 0 Å². The Bertz CT molecular complexity index is 593. The molecular weight excluding hydrogens is 486 g/mol. The highest BCUT2D eigenvalue weighted by molar-refractivity contribution is 14.0. The van der Waals surface area contributed by atoms with Gasteiger partial charge in [-0.15, -0.1) is 24.0 Å². The molecule has 6 nitrogen and oxygen atoms in total. The number of hydrogen-bond acceptors (Lipinski definition) is 4. The molecule has 1 aromatic rings. The number of likely N-dealkylation sites (tertiary alicyclic amines) is 1. The van der Waals surface area contributed by atoms with Crippen LogP contribution in [0, 0.1) is 19.8 Å². The molecule has 0 atom stereocenters. The lowest BCUT2D eigenvalue weighted by Gasteiger charge is -2.32. The van der Waals surface area contributed by atoms with Gasteiger partial charge < -0.3 is 15.2 Å². The van der Waals surface area contributed by atoms with E-state index in [-0.39, 0.29) is 24.0 Å². The summed E-state index contributed by atoms with van der Waals surface area (Å²) in [6.07, 6.45) is -0.730. The van der Waals surface area contributed by atoms with Crippen LogP contribution in [0.25, 0.3) is 0 Å². The Morgan fingerprint density at radius 3 is 2.39 bits per heavy atom. The molecule has 10 heteroatoms. The zero-order chi connectivity index (χ0) is 19.9. The minimum atomic E-state index is -4.10. The van der Waals surface area contributed by atoms with Gasteiger partial charge in [0.05, 0.1) is 12.2 Å². The summed E-state index contributed by atoms with van der Waals surface area (Å²) >= 11 is 0. The number of piperidine rings is 1. The van der Waals surface area contributed by atoms with Crippen LogP contribution in [-0.2, 0) is 6.42 Å². The lowest BCUT2D eigenvalue weighted by molar-refractivity contribution is -0.148. The molecule has 0 radical (unpaired) electrons. The maximum Gasteiger partial charge on any atom is 0.401 e. The predicted octanol–water partition coefficient (Wildman–Crippen LogP) is 3.28. The van der Waals surface area contributed by atoms with E-state index in [1.165, 1.54) is 4.90 Å². The minimum Gasteiger partial charge on any atom is -0.361 e. The topological polar surface area (TPSA) is 65.7 Å². The Labute approximate surface area is 181 Å². The van der Waals surface area contributed by atoms with Crippen molar-refractivity contribution in [3.8, 4) is 0 Å². The molecule has 0 amide bonds. The first-order valence-corrected chi connectivity index (χ1v) is 9.44. The van der Waals surface area contributed by atoms with Crippen molar-refractivity contribution in [1.29, 1.82) is 0 Å². The van der Waals surface area contributed by atoms with Crippen LogP contribution in [0.2, 0.25) is 0 Å². The minimum absolute atomic E-state index is 0. The van der Waals surface area contributed by atoms with Gasteiger partial charge in [-0.3, -0.25) is 9.89 Å². The number of guanidine groups is 1. The zero-order valence-electron chi connectivity index (χ0n) is 16.7. The number of rotatable bonds is 7. The van der Waals surface area contributed by atoms with Crippen molar-refractivity contribution in [2.45, 2.75) is 45.7 Å². The van der Waals surface area contributed by atoms with Gasteiger partial charge in [-0.25, -0.2) is 0 Å². The van der Waals surface area contributed by atoms with Gasteiger partial charge in [0.25, 0.3) is 0 Å². The smallest absolute Gasteiger partial charge is 0.361 e. The Hall–Kier alpha value is -1.04. The molecular formula is C18H31F3IN5O. The van der Waals surface area contributed by atoms with Gasteiger partial charge in [0, 0.05) is 25.7 Å². The first-order valence-electron chi connectivity index (χ1n) is 9.44. The van der Waals surface area contributed by atoms with Gasteiger partial charge in [-0.2, -0.15) is 13.2 Å². The fourth-order valence-electron chi connectivity index (χ4n) is 3.47. The average Bonchev–Trinajstić information content (AvgIpc) is 2.92. The summed E-state index contributed by atoms with van der Waals surface area (Å²) in [6, 6.07) is 0. The fourth-order valence-corrected chi connectivity index (χ4v) is 3.47. The average molecular weight is 517 g/mol. The summed E-state index contributed by atoms with van der Waals surface area (Å²) in [4.78, 5) is 5.71. The van der Waals surface area contributed by atoms with Crippen LogP contribution in [0.3, 0.4) is 0 Å². The quantitative estimate of drug-likeness (QED) is 0.330. The standard InChI is InChI=1S/C18H30F3N5O.HI/c1-13-16(14(2)27-25-13)5-9-24-17(22-3)23-8-4-15-6-10-26(11-7-15)12-18(19,20)21;/h15H,4-12H2,1-3H3,(H2,22,23,24);1H. The molecule has 0 aromatic carbocycles. The van der Waals surface area contributed by atoms with Crippen LogP contribution < -0.4 is 10.6 Å². The Morgan fingerprint density at radius 2 is 1.86 bits per heavy atom. The number of alkyl halides is 3. The van der Waals surface area contributed by atoms with Crippen LogP contribution >= 0.6 is 24.0 Å². The highest BCUT2D eigenvalue weighted by Gasteiger charge is 2.32. The third-order valence-corrected chi connectivity index (χ3v) is 5.03. The second kappa shape index (κ2) is 11.8. The maximum atomic E-state index is 12.4. The molecule has 1 aliphatic rings. The molecule has 162 valence electrons. The molecule has 1 aromatic heterocycles. The molecule has 1 saturated heterocycles. The molecule has 1 fully saturated rings. The van der Waals surface area contributed by atoms with E-state index in [1.807, 2.05) is 13.8 Å². The predicted molar refractivity (Wildman–Crippen MR) is 114 cm³/mol. The zero-order valence-corrected chi connectivity index (χ0v) is 19.1. The summed E-state index contributed by atoms with van der Waals surface area (Å²) in [5.74, 6) is 2.03. The third kappa shape index (κ3) is 8.54. The molecule has 2 rings (SSSR count). The van der Waals surface area contributed by atoms with Crippen molar-refractivity contribution in [3.05, 3.63) is 17.0 Å². The molecule has 2 N–H and O–H groups in total. The number of aryl methyl sites for hydroxylation is 2. The lowest BCUT2D eigenvalue weighted by Crippen LogP contribution is -2.42. The van der Waals surface area contributed by atoms with Crippen LogP contribution in [0.15, 0.2) is 9.52 Å². The van der Waals surface area contributed by atoms with Crippen molar-refractivity contribution < 1.29 is 17.7 Å². The number of nitrogens with zero attached hydrogens (tertiary/aromatic N) is 3. The number of nitrogens with one attached hydrogen (secondary N) is 2. The molecule has 2 heterocycles. The van der Waals surface area contributed by atoms with Gasteiger partial charge in [0.2, 0.25) is 0 Å². The number of aliphatic imine (C=N–C) groups is 1. The van der Waals surface area contributed by atoms with Crippen LogP contribution in [-0.4, -0.2) is 62.0 Å². The monoisotopic (exact) mass is 517 g/mol. The van der Waals surface area contributed by atoms with E-state index in [2.05, 4.69) is 20.8 Å². The number of hydrogen-bond donors (Lipinski definition) is 2. The van der Waals surface area contributed by atoms with Gasteiger partial charge in [-0.1, -0.05) is 5.16 Å². The summed E-state index contributed by atoms with van der Waals surface area (Å²) < 4.78 is 42.4. The molecule has 0 aliphatic carbocycles. The summed E-state index contributed by atoms with van der Waals surface area (Å²) in [6.45, 7) is 5.57. The van der Waals surface area contributed by atoms with E-state index in [0.717, 1.165) is 61.7 Å². The molecule has 0 spiro atoms. The second-order valence-electron chi connectivity index (χ2n) is 7.10. The number of aromatic nitrogens is 1. The van der Waals surface area contributed by atoms with Gasteiger partial charge >= 0.3 is 6.18 Å². The maximum absolute atomic E-state index is 12.4. The van der Waals surface area contributed by atoms with Crippen LogP contribution in [0.5, 0.6) is 0 Å². The molecule has 0 saturated carbocycles. The largest absolute Gasteiger partial charge is 0.401 e. The lowest BCUT2D eigenvalue weighted by atomic mass is 9.93. The van der Waals surface area contributed by atoms with E-state index >= 15 is 0 Å². The first-order chi connectivity index (χ1) is 12.8. The Balaban J connectivity index is 0.00000392. The Morgan fingerprint density at radius 1 is 1.21 bits per heavy atom. The Kier molecular flexibility index (Phi) is 10.6. The van der Waals surface area contributed by atoms with Crippen molar-refractivity contribution in [2.24, 2.45) is 10.9 Å². The normalized spacial score (nSPS) is 16.7. The van der Waals surface area contributed by atoms with Crippen LogP contribution in [0.1, 0.15) is 36.3 Å². The van der Waals surface area contributed by atoms with Crippen molar-refractivity contribution >= 4 is 29.9 Å². The SMILES string of the molecule is CN=C(NCCc1c(C)noc1C)NCCC1CCN(CC(F)(F)F)CC1.I. The second-order valence-corrected chi connectivity index (χ2v) is 7.10. The van der Waals surface area contributed by atoms with Gasteiger partial charge in [0.15, 0.2) is 5.96 Å². The first kappa shape index (κ1) is 25.0. The van der Waals surface area contributed by atoms with E-state index in [4.69, 9.17) is 4.52 Å². The fraction of sp³-hybridized carbons (Fsp3) is 0.778. The molecule has 1 aliphatic heterocycles. The van der Waals surface area contributed by atoms with Gasteiger partial charge in [-0.05, 0) is 58.5 Å². The van der Waals surface area contributed by atoms with Crippen LogP contribution in [0.4, 0.5) is 13.2 Å². The molecule has 0 unspecified atom stereocenters. The van der Waals surface area contributed by atoms with Crippen molar-refractivity contribution in [1.82, 2.24) is 20.7 Å². The summed E-state index contributed by atoms with van der Waals surface area (Å²) in [7, 11) is 1.72. The van der Waals surface area contributed by atoms with E-state index in [1.54, 1.807) is 7.05 Å². The van der Waals surface area contributed by atoms with E-state index < -0.39 is 12.7 Å². The van der Waals surface area contributed by atoms with E-state index in [0.29, 0.717) is 19.0 Å². The summed E-state index contributed by atoms with van der Waals surface area (Å²) in [5.41, 5.74) is 2.03. The van der Waals surface area contributed by atoms with Crippen molar-refractivity contribution in [2.75, 3.05) is 39.8 Å². The highest BCUT2D eigenvalue weighted by atomic mass is 127. The highest BCUT2D eigenvalue weighted by Crippen LogP contribution is 2.23. The van der Waals surface area contributed by atoms with E-state index in [9.17, 15) is 13.2 Å².